The van der Waals surface area contributed by atoms with Crippen molar-refractivity contribution in [3.05, 3.63) is 23.8 Å². The van der Waals surface area contributed by atoms with Gasteiger partial charge in [-0.1, -0.05) is 0 Å². The van der Waals surface area contributed by atoms with Gasteiger partial charge in [0.25, 0.3) is 5.91 Å². The monoisotopic (exact) mass is 264 g/mol. The van der Waals surface area contributed by atoms with E-state index < -0.39 is 0 Å². The van der Waals surface area contributed by atoms with Gasteiger partial charge in [0.1, 0.15) is 5.75 Å². The van der Waals surface area contributed by atoms with Gasteiger partial charge in [-0.05, 0) is 37.0 Å². The molecule has 1 amide bonds. The van der Waals surface area contributed by atoms with Gasteiger partial charge in [-0.2, -0.15) is 0 Å². The number of hydrogen-bond acceptors (Lipinski definition) is 4. The summed E-state index contributed by atoms with van der Waals surface area (Å²) in [7, 11) is 1.55. The molecule has 1 saturated heterocycles. The summed E-state index contributed by atoms with van der Waals surface area (Å²) in [4.78, 5) is 12.0. The number of hydrogen-bond donors (Lipinski definition) is 2. The molecule has 1 fully saturated rings. The van der Waals surface area contributed by atoms with Gasteiger partial charge in [-0.3, -0.25) is 4.79 Å². The standard InChI is InChI=1S/C14H20N2O3/c1-18-13-5-4-11(7-12(13)15)14(17)16-8-10-3-2-6-19-9-10/h4-5,7,10H,2-3,6,8-9,15H2,1H3,(H,16,17). The van der Waals surface area contributed by atoms with E-state index in [2.05, 4.69) is 5.32 Å². The van der Waals surface area contributed by atoms with Crippen LogP contribution >= 0.6 is 0 Å². The second-order valence-electron chi connectivity index (χ2n) is 4.75. The van der Waals surface area contributed by atoms with Crippen LogP contribution in [0.5, 0.6) is 5.75 Å². The number of rotatable bonds is 4. The van der Waals surface area contributed by atoms with Crippen molar-refractivity contribution in [1.29, 1.82) is 0 Å². The maximum absolute atomic E-state index is 12.0. The number of carbonyl (C=O) groups excluding carboxylic acids is 1. The summed E-state index contributed by atoms with van der Waals surface area (Å²) in [6.07, 6.45) is 2.17. The number of nitrogens with one attached hydrogen (secondary N) is 1. The van der Waals surface area contributed by atoms with E-state index in [9.17, 15) is 4.79 Å². The topological polar surface area (TPSA) is 73.6 Å². The minimum Gasteiger partial charge on any atom is -0.495 e. The molecular weight excluding hydrogens is 244 g/mol. The van der Waals surface area contributed by atoms with E-state index in [0.29, 0.717) is 29.5 Å². The number of nitrogen functional groups attached to an aromatic ring is 1. The molecule has 5 heteroatoms. The third-order valence-corrected chi connectivity index (χ3v) is 3.30. The fraction of sp³-hybridized carbons (Fsp3) is 0.500. The average Bonchev–Trinajstić information content (AvgIpc) is 2.45. The molecule has 19 heavy (non-hydrogen) atoms. The van der Waals surface area contributed by atoms with Crippen LogP contribution in [0.25, 0.3) is 0 Å². The zero-order valence-corrected chi connectivity index (χ0v) is 11.1. The van der Waals surface area contributed by atoms with Crippen molar-refractivity contribution in [2.45, 2.75) is 12.8 Å². The summed E-state index contributed by atoms with van der Waals surface area (Å²) in [6.45, 7) is 2.20. The Balaban J connectivity index is 1.90. The fourth-order valence-corrected chi connectivity index (χ4v) is 2.18. The van der Waals surface area contributed by atoms with Crippen molar-refractivity contribution >= 4 is 11.6 Å². The first kappa shape index (κ1) is 13.7. The van der Waals surface area contributed by atoms with Crippen molar-refractivity contribution in [1.82, 2.24) is 5.32 Å². The molecule has 0 saturated carbocycles. The van der Waals surface area contributed by atoms with E-state index >= 15 is 0 Å². The molecule has 104 valence electrons. The molecule has 1 aliphatic heterocycles. The first-order valence-corrected chi connectivity index (χ1v) is 6.50. The average molecular weight is 264 g/mol. The number of amides is 1. The SMILES string of the molecule is COc1ccc(C(=O)NCC2CCCOC2)cc1N. The molecule has 1 atom stereocenters. The van der Waals surface area contributed by atoms with Gasteiger partial charge < -0.3 is 20.5 Å². The Morgan fingerprint density at radius 2 is 2.42 bits per heavy atom. The summed E-state index contributed by atoms with van der Waals surface area (Å²) in [5.74, 6) is 0.880. The number of benzene rings is 1. The molecule has 5 nitrogen and oxygen atoms in total. The summed E-state index contributed by atoms with van der Waals surface area (Å²) < 4.78 is 10.4. The lowest BCUT2D eigenvalue weighted by molar-refractivity contribution is 0.0536. The lowest BCUT2D eigenvalue weighted by atomic mass is 10.0. The van der Waals surface area contributed by atoms with E-state index in [1.165, 1.54) is 0 Å². The number of carbonyl (C=O) groups is 1. The van der Waals surface area contributed by atoms with Gasteiger partial charge in [0.2, 0.25) is 0 Å². The van der Waals surface area contributed by atoms with Crippen molar-refractivity contribution in [3.63, 3.8) is 0 Å². The van der Waals surface area contributed by atoms with Crippen LogP contribution in [0.1, 0.15) is 23.2 Å². The molecule has 1 unspecified atom stereocenters. The number of methoxy groups -OCH3 is 1. The summed E-state index contributed by atoms with van der Waals surface area (Å²) in [6, 6.07) is 5.04. The Labute approximate surface area is 113 Å². The molecule has 1 aromatic rings. The van der Waals surface area contributed by atoms with Crippen molar-refractivity contribution in [3.8, 4) is 5.75 Å². The normalized spacial score (nSPS) is 18.9. The molecule has 1 aliphatic rings. The van der Waals surface area contributed by atoms with E-state index in [1.807, 2.05) is 0 Å². The fourth-order valence-electron chi connectivity index (χ4n) is 2.18. The predicted molar refractivity (Wildman–Crippen MR) is 73.3 cm³/mol. The second-order valence-corrected chi connectivity index (χ2v) is 4.75. The molecule has 0 radical (unpaired) electrons. The van der Waals surface area contributed by atoms with Crippen molar-refractivity contribution in [2.75, 3.05) is 32.6 Å². The summed E-state index contributed by atoms with van der Waals surface area (Å²) >= 11 is 0. The quantitative estimate of drug-likeness (QED) is 0.807. The molecule has 3 N–H and O–H groups in total. The highest BCUT2D eigenvalue weighted by molar-refractivity contribution is 5.95. The number of nitrogens with two attached hydrogens (primary N) is 1. The molecule has 1 aromatic carbocycles. The van der Waals surface area contributed by atoms with Crippen molar-refractivity contribution in [2.24, 2.45) is 5.92 Å². The number of ether oxygens (including phenoxy) is 2. The molecule has 0 aromatic heterocycles. The summed E-state index contributed by atoms with van der Waals surface area (Å²) in [5.41, 5.74) is 6.80. The lowest BCUT2D eigenvalue weighted by Crippen LogP contribution is -2.33. The maximum atomic E-state index is 12.0. The minimum atomic E-state index is -0.111. The highest BCUT2D eigenvalue weighted by Crippen LogP contribution is 2.21. The van der Waals surface area contributed by atoms with E-state index in [4.69, 9.17) is 15.2 Å². The first-order valence-electron chi connectivity index (χ1n) is 6.50. The van der Waals surface area contributed by atoms with Gasteiger partial charge in [0.15, 0.2) is 0 Å². The lowest BCUT2D eigenvalue weighted by Gasteiger charge is -2.22. The predicted octanol–water partition coefficient (Wildman–Crippen LogP) is 1.43. The highest BCUT2D eigenvalue weighted by Gasteiger charge is 2.15. The van der Waals surface area contributed by atoms with E-state index in [1.54, 1.807) is 25.3 Å². The van der Waals surface area contributed by atoms with Crippen LogP contribution in [-0.2, 0) is 4.74 Å². The van der Waals surface area contributed by atoms with Gasteiger partial charge in [-0.25, -0.2) is 0 Å². The Hall–Kier alpha value is -1.75. The Bertz CT molecular complexity index is 442. The third kappa shape index (κ3) is 3.61. The second kappa shape index (κ2) is 6.43. The van der Waals surface area contributed by atoms with Crippen LogP contribution in [0.3, 0.4) is 0 Å². The van der Waals surface area contributed by atoms with Crippen LogP contribution in [-0.4, -0.2) is 32.8 Å². The van der Waals surface area contributed by atoms with Gasteiger partial charge in [0, 0.05) is 18.7 Å². The molecular formula is C14H20N2O3. The van der Waals surface area contributed by atoms with Crippen LogP contribution in [0.2, 0.25) is 0 Å². The maximum Gasteiger partial charge on any atom is 0.251 e. The van der Waals surface area contributed by atoms with E-state index in [-0.39, 0.29) is 5.91 Å². The van der Waals surface area contributed by atoms with Crippen LogP contribution in [0.15, 0.2) is 18.2 Å². The van der Waals surface area contributed by atoms with Crippen molar-refractivity contribution < 1.29 is 14.3 Å². The Morgan fingerprint density at radius 3 is 3.05 bits per heavy atom. The Kier molecular flexibility index (Phi) is 4.63. The molecule has 2 rings (SSSR count). The molecule has 1 heterocycles. The largest absolute Gasteiger partial charge is 0.495 e. The molecule has 0 aliphatic carbocycles. The Morgan fingerprint density at radius 1 is 1.58 bits per heavy atom. The van der Waals surface area contributed by atoms with E-state index in [0.717, 1.165) is 26.1 Å². The zero-order chi connectivity index (χ0) is 13.7. The molecule has 0 bridgehead atoms. The van der Waals surface area contributed by atoms with Gasteiger partial charge in [0.05, 0.1) is 19.4 Å². The third-order valence-electron chi connectivity index (χ3n) is 3.30. The van der Waals surface area contributed by atoms with Gasteiger partial charge >= 0.3 is 0 Å². The summed E-state index contributed by atoms with van der Waals surface area (Å²) in [5, 5.41) is 2.92. The zero-order valence-electron chi connectivity index (χ0n) is 11.1. The minimum absolute atomic E-state index is 0.111. The van der Waals surface area contributed by atoms with Crippen LogP contribution in [0.4, 0.5) is 5.69 Å². The number of anilines is 1. The first-order chi connectivity index (χ1) is 9.20. The smallest absolute Gasteiger partial charge is 0.251 e. The molecule has 0 spiro atoms. The van der Waals surface area contributed by atoms with Gasteiger partial charge in [-0.15, -0.1) is 0 Å². The van der Waals surface area contributed by atoms with Crippen LogP contribution < -0.4 is 15.8 Å². The van der Waals surface area contributed by atoms with Crippen LogP contribution in [0, 0.1) is 5.92 Å². The highest BCUT2D eigenvalue weighted by atomic mass is 16.5.